The van der Waals surface area contributed by atoms with E-state index in [0.29, 0.717) is 25.7 Å². The van der Waals surface area contributed by atoms with Crippen molar-refractivity contribution in [3.05, 3.63) is 0 Å². The van der Waals surface area contributed by atoms with E-state index in [-0.39, 0.29) is 25.7 Å². The fourth-order valence-corrected chi connectivity index (χ4v) is 13.9. The van der Waals surface area contributed by atoms with E-state index >= 15 is 0 Å². The van der Waals surface area contributed by atoms with Gasteiger partial charge in [-0.05, 0) is 37.5 Å². The zero-order chi connectivity index (χ0) is 72.8. The van der Waals surface area contributed by atoms with Gasteiger partial charge in [0.25, 0.3) is 0 Å². The second-order valence-corrected chi connectivity index (χ2v) is 32.4. The highest BCUT2D eigenvalue weighted by Gasteiger charge is 2.30. The number of hydrogen-bond donors (Lipinski definition) is 3. The van der Waals surface area contributed by atoms with Crippen molar-refractivity contribution in [2.75, 3.05) is 39.6 Å². The topological polar surface area (TPSA) is 237 Å². The van der Waals surface area contributed by atoms with Gasteiger partial charge in [0.2, 0.25) is 0 Å². The fraction of sp³-hybridized carbons (Fsp3) is 0.950. The van der Waals surface area contributed by atoms with E-state index in [9.17, 15) is 43.2 Å². The maximum absolute atomic E-state index is 13.1. The van der Waals surface area contributed by atoms with Crippen LogP contribution in [0.25, 0.3) is 0 Å². The molecule has 0 aliphatic rings. The smallest absolute Gasteiger partial charge is 0.462 e. The van der Waals surface area contributed by atoms with Gasteiger partial charge in [0.15, 0.2) is 12.2 Å². The third-order valence-electron chi connectivity index (χ3n) is 19.1. The lowest BCUT2D eigenvalue weighted by Gasteiger charge is -2.21. The van der Waals surface area contributed by atoms with Gasteiger partial charge in [-0.25, -0.2) is 9.13 Å². The van der Waals surface area contributed by atoms with Crippen molar-refractivity contribution < 1.29 is 80.2 Å². The average Bonchev–Trinajstić information content (AvgIpc) is 1.09. The lowest BCUT2D eigenvalue weighted by atomic mass is 9.99. The van der Waals surface area contributed by atoms with Crippen molar-refractivity contribution in [3.63, 3.8) is 0 Å². The summed E-state index contributed by atoms with van der Waals surface area (Å²) in [7, 11) is -9.92. The minimum atomic E-state index is -4.96. The average molecular weight is 1450 g/mol. The zero-order valence-electron chi connectivity index (χ0n) is 64.8. The number of phosphoric acid groups is 2. The van der Waals surface area contributed by atoms with Gasteiger partial charge >= 0.3 is 39.5 Å². The van der Waals surface area contributed by atoms with Crippen molar-refractivity contribution in [1.82, 2.24) is 0 Å². The summed E-state index contributed by atoms with van der Waals surface area (Å²) in [5, 5.41) is 10.6. The first-order chi connectivity index (χ1) is 47.9. The van der Waals surface area contributed by atoms with Gasteiger partial charge in [0.1, 0.15) is 19.3 Å². The molecule has 0 aliphatic carbocycles. The van der Waals surface area contributed by atoms with Gasteiger partial charge in [-0.15, -0.1) is 0 Å². The van der Waals surface area contributed by atoms with Crippen LogP contribution in [-0.4, -0.2) is 96.7 Å². The van der Waals surface area contributed by atoms with Crippen LogP contribution in [0.3, 0.4) is 0 Å². The second-order valence-electron chi connectivity index (χ2n) is 29.5. The number of carbonyl (C=O) groups excluding carboxylic acids is 4. The van der Waals surface area contributed by atoms with Crippen molar-refractivity contribution in [2.45, 2.75) is 439 Å². The highest BCUT2D eigenvalue weighted by Crippen LogP contribution is 2.45. The molecule has 0 amide bonds. The molecule has 99 heavy (non-hydrogen) atoms. The van der Waals surface area contributed by atoms with Crippen molar-refractivity contribution in [2.24, 2.45) is 11.8 Å². The van der Waals surface area contributed by atoms with E-state index in [0.717, 1.165) is 102 Å². The lowest BCUT2D eigenvalue weighted by Crippen LogP contribution is -2.30. The molecule has 0 heterocycles. The number of rotatable bonds is 79. The fourth-order valence-electron chi connectivity index (χ4n) is 12.3. The molecule has 3 unspecified atom stereocenters. The van der Waals surface area contributed by atoms with Crippen LogP contribution in [-0.2, 0) is 65.4 Å². The summed E-state index contributed by atoms with van der Waals surface area (Å²) < 4.78 is 68.7. The van der Waals surface area contributed by atoms with Crippen molar-refractivity contribution >= 4 is 39.5 Å². The third kappa shape index (κ3) is 72.8. The standard InChI is InChI=1S/C80H156O17P2/c1-7-10-12-14-16-18-20-22-25-30-33-37-44-50-56-62-77(82)90-68-75(96-80(85)65-59-53-47-39-35-31-27-24-26-28-32-36-42-48-54-60-72(4)5)70-94-98(86,87)92-66-74(81)67-93-99(88,89)95-71-76(69-91-78(83)63-57-51-45-41-40-43-49-55-61-73(6)9-3)97-79(84)64-58-52-46-38-34-29-23-21-19-17-15-13-11-8-2/h72-76,81H,7-71H2,1-6H3,(H,86,87)(H,88,89)/t73?,74-,75-,76-/m1/s1. The summed E-state index contributed by atoms with van der Waals surface area (Å²) in [6.45, 7) is 9.67. The number of esters is 4. The molecule has 0 aromatic carbocycles. The van der Waals surface area contributed by atoms with E-state index in [1.54, 1.807) is 0 Å². The monoisotopic (exact) mass is 1450 g/mol. The first-order valence-corrected chi connectivity index (χ1v) is 44.5. The van der Waals surface area contributed by atoms with Crippen molar-refractivity contribution in [1.29, 1.82) is 0 Å². The molecule has 0 aromatic heterocycles. The molecule has 6 atom stereocenters. The molecule has 0 bridgehead atoms. The van der Waals surface area contributed by atoms with E-state index in [1.807, 2.05) is 0 Å². The minimum absolute atomic E-state index is 0.108. The van der Waals surface area contributed by atoms with Crippen LogP contribution in [0.2, 0.25) is 0 Å². The Balaban J connectivity index is 5.26. The summed E-state index contributed by atoms with van der Waals surface area (Å²) in [5.41, 5.74) is 0. The summed E-state index contributed by atoms with van der Waals surface area (Å²) in [4.78, 5) is 73.0. The summed E-state index contributed by atoms with van der Waals surface area (Å²) in [5.74, 6) is -0.527. The highest BCUT2D eigenvalue weighted by atomic mass is 31.2. The van der Waals surface area contributed by atoms with Gasteiger partial charge < -0.3 is 33.8 Å². The highest BCUT2D eigenvalue weighted by molar-refractivity contribution is 7.47. The first-order valence-electron chi connectivity index (χ1n) is 41.5. The predicted octanol–water partition coefficient (Wildman–Crippen LogP) is 23.9. The first kappa shape index (κ1) is 97.1. The summed E-state index contributed by atoms with van der Waals surface area (Å²) in [6.07, 6.45) is 60.8. The van der Waals surface area contributed by atoms with Crippen LogP contribution >= 0.6 is 15.6 Å². The Morgan fingerprint density at radius 2 is 0.515 bits per heavy atom. The molecule has 0 saturated heterocycles. The molecule has 3 N–H and O–H groups in total. The summed E-state index contributed by atoms with van der Waals surface area (Å²) in [6, 6.07) is 0. The minimum Gasteiger partial charge on any atom is -0.462 e. The molecule has 17 nitrogen and oxygen atoms in total. The van der Waals surface area contributed by atoms with Gasteiger partial charge in [0, 0.05) is 25.7 Å². The maximum Gasteiger partial charge on any atom is 0.472 e. The third-order valence-corrected chi connectivity index (χ3v) is 21.0. The van der Waals surface area contributed by atoms with E-state index < -0.39 is 97.5 Å². The van der Waals surface area contributed by atoms with Crippen LogP contribution in [0.4, 0.5) is 0 Å². The molecule has 0 aromatic rings. The molecule has 588 valence electrons. The Bertz CT molecular complexity index is 1910. The number of aliphatic hydroxyl groups is 1. The number of ether oxygens (including phenoxy) is 4. The van der Waals surface area contributed by atoms with E-state index in [1.165, 1.54) is 238 Å². The van der Waals surface area contributed by atoms with Gasteiger partial charge in [-0.2, -0.15) is 0 Å². The Kier molecular flexibility index (Phi) is 70.3. The normalized spacial score (nSPS) is 14.2. The number of aliphatic hydroxyl groups excluding tert-OH is 1. The lowest BCUT2D eigenvalue weighted by molar-refractivity contribution is -0.161. The molecule has 0 spiro atoms. The van der Waals surface area contributed by atoms with E-state index in [4.69, 9.17) is 37.0 Å². The SMILES string of the molecule is CCCCCCCCCCCCCCCCCC(=O)OC[C@H](COP(=O)(O)OC[C@@H](O)COP(=O)(O)OC[C@@H](COC(=O)CCCCCCCCCCC(C)CC)OC(=O)CCCCCCCCCCCCCCCC)OC(=O)CCCCCCCCCCCCCCCCCC(C)C. The van der Waals surface area contributed by atoms with Gasteiger partial charge in [0.05, 0.1) is 26.4 Å². The Hall–Kier alpha value is -1.94. The van der Waals surface area contributed by atoms with Crippen LogP contribution in [0.15, 0.2) is 0 Å². The Labute approximate surface area is 607 Å². The van der Waals surface area contributed by atoms with Gasteiger partial charge in [-0.1, -0.05) is 369 Å². The van der Waals surface area contributed by atoms with Gasteiger partial charge in [-0.3, -0.25) is 37.3 Å². The van der Waals surface area contributed by atoms with Crippen molar-refractivity contribution in [3.8, 4) is 0 Å². The van der Waals surface area contributed by atoms with Crippen LogP contribution in [0, 0.1) is 11.8 Å². The Morgan fingerprint density at radius 1 is 0.293 bits per heavy atom. The predicted molar refractivity (Wildman–Crippen MR) is 405 cm³/mol. The maximum atomic E-state index is 13.1. The number of unbranched alkanes of at least 4 members (excludes halogenated alkanes) is 48. The number of hydrogen-bond acceptors (Lipinski definition) is 15. The Morgan fingerprint density at radius 3 is 0.768 bits per heavy atom. The number of carbonyl (C=O) groups is 4. The molecule has 0 aliphatic heterocycles. The molecule has 19 heteroatoms. The molecule has 0 rings (SSSR count). The molecular weight excluding hydrogens is 1290 g/mol. The molecular formula is C80H156O17P2. The molecule has 0 fully saturated rings. The molecule has 0 radical (unpaired) electrons. The van der Waals surface area contributed by atoms with Crippen LogP contribution in [0.5, 0.6) is 0 Å². The quantitative estimate of drug-likeness (QED) is 0.0222. The second kappa shape index (κ2) is 71.7. The summed E-state index contributed by atoms with van der Waals surface area (Å²) >= 11 is 0. The van der Waals surface area contributed by atoms with Crippen LogP contribution < -0.4 is 0 Å². The number of phosphoric ester groups is 2. The van der Waals surface area contributed by atoms with E-state index in [2.05, 4.69) is 41.5 Å². The largest absolute Gasteiger partial charge is 0.472 e. The zero-order valence-corrected chi connectivity index (χ0v) is 66.6. The molecule has 0 saturated carbocycles. The van der Waals surface area contributed by atoms with Crippen LogP contribution in [0.1, 0.15) is 420 Å².